The van der Waals surface area contributed by atoms with Crippen LogP contribution in [0.2, 0.25) is 36.3 Å². The van der Waals surface area contributed by atoms with Gasteiger partial charge in [0.25, 0.3) is 0 Å². The Balaban J connectivity index is 0.000000569. The monoisotopic (exact) mass is 598 g/mol. The Morgan fingerprint density at radius 2 is 1.03 bits per heavy atom. The van der Waals surface area contributed by atoms with Crippen molar-refractivity contribution < 1.29 is 51.0 Å². The maximum absolute atomic E-state index is 3.73. The van der Waals surface area contributed by atoms with Crippen molar-refractivity contribution in [2.45, 2.75) is 128 Å². The smallest absolute Gasteiger partial charge is 1.00 e. The summed E-state index contributed by atoms with van der Waals surface area (Å²) in [7, 11) is -1.87. The maximum Gasteiger partial charge on any atom is 4.00 e. The van der Waals surface area contributed by atoms with Crippen LogP contribution < -0.4 is 24.8 Å². The van der Waals surface area contributed by atoms with Gasteiger partial charge in [0.05, 0.1) is 16.1 Å². The van der Waals surface area contributed by atoms with Gasteiger partial charge in [0.2, 0.25) is 0 Å². The molecule has 0 aromatic heterocycles. The topological polar surface area (TPSA) is 0 Å². The molecule has 0 unspecified atom stereocenters. The normalized spacial score (nSPS) is 21.2. The first-order valence-corrected chi connectivity index (χ1v) is 18.5. The van der Waals surface area contributed by atoms with E-state index in [-0.39, 0.29) is 51.0 Å². The molecule has 2 saturated heterocycles. The van der Waals surface area contributed by atoms with Crippen LogP contribution in [0.3, 0.4) is 0 Å². The zero-order valence-corrected chi connectivity index (χ0v) is 27.7. The van der Waals surface area contributed by atoms with Crippen LogP contribution in [0.15, 0.2) is 33.7 Å². The van der Waals surface area contributed by atoms with E-state index in [1.165, 1.54) is 75.4 Å². The minimum atomic E-state index is -0.935. The second-order valence-electron chi connectivity index (χ2n) is 10.3. The molecule has 5 heteroatoms. The Morgan fingerprint density at radius 3 is 1.24 bits per heavy atom. The Morgan fingerprint density at radius 1 is 0.667 bits per heavy atom. The van der Waals surface area contributed by atoms with Gasteiger partial charge in [-0.1, -0.05) is 115 Å². The molecule has 4 aliphatic rings. The second-order valence-corrected chi connectivity index (χ2v) is 19.6. The van der Waals surface area contributed by atoms with Gasteiger partial charge in [0, 0.05) is 0 Å². The summed E-state index contributed by atoms with van der Waals surface area (Å²) in [6.45, 7) is 9.15. The predicted octanol–water partition coefficient (Wildman–Crippen LogP) is 3.30. The molecule has 0 spiro atoms. The van der Waals surface area contributed by atoms with E-state index < -0.39 is 16.1 Å². The quantitative estimate of drug-likeness (QED) is 0.267. The average Bonchev–Trinajstić information content (AvgIpc) is 3.37. The third kappa shape index (κ3) is 8.45. The van der Waals surface area contributed by atoms with E-state index in [1.807, 2.05) is 0 Å². The summed E-state index contributed by atoms with van der Waals surface area (Å²) in [5.41, 5.74) is 2.97. The van der Waals surface area contributed by atoms with Gasteiger partial charge in [-0.15, -0.1) is 12.8 Å². The van der Waals surface area contributed by atoms with Crippen LogP contribution in [-0.4, -0.2) is 16.1 Å². The molecular formula is C28H46Cl2Si2Zr. The summed E-state index contributed by atoms with van der Waals surface area (Å²) < 4.78 is 0. The van der Waals surface area contributed by atoms with Gasteiger partial charge in [-0.2, -0.15) is 10.4 Å². The van der Waals surface area contributed by atoms with Gasteiger partial charge < -0.3 is 24.8 Å². The molecule has 0 aromatic carbocycles. The molecule has 2 aliphatic heterocycles. The molecule has 0 aromatic rings. The van der Waals surface area contributed by atoms with Crippen LogP contribution in [0, 0.1) is 12.2 Å². The van der Waals surface area contributed by atoms with E-state index in [9.17, 15) is 0 Å². The van der Waals surface area contributed by atoms with Crippen molar-refractivity contribution in [2.24, 2.45) is 0 Å². The van der Waals surface area contributed by atoms with Crippen molar-refractivity contribution >= 4 is 16.1 Å². The SMILES string of the molecule is CCCC[Si]1(C2=[C-]C(CC)=CC2)CCC1.CCCC[Si]1(C2=[C-]C(CC)=CC2)CCC1.[Cl-].[Cl-].[Zr+4]. The fraction of sp³-hybridized carbons (Fsp3) is 0.714. The Kier molecular flexibility index (Phi) is 17.0. The second kappa shape index (κ2) is 16.6. The predicted molar refractivity (Wildman–Crippen MR) is 139 cm³/mol. The summed E-state index contributed by atoms with van der Waals surface area (Å²) >= 11 is 0. The molecule has 33 heavy (non-hydrogen) atoms. The first-order chi connectivity index (χ1) is 14.6. The summed E-state index contributed by atoms with van der Waals surface area (Å²) in [6.07, 6.45) is 25.9. The molecule has 0 atom stereocenters. The Bertz CT molecular complexity index is 641. The summed E-state index contributed by atoms with van der Waals surface area (Å²) in [5.74, 6) is 0. The van der Waals surface area contributed by atoms with Crippen LogP contribution in [0.4, 0.5) is 0 Å². The molecule has 0 amide bonds. The molecule has 0 nitrogen and oxygen atoms in total. The molecule has 2 aliphatic carbocycles. The number of hydrogen-bond donors (Lipinski definition) is 0. The third-order valence-corrected chi connectivity index (χ3v) is 19.5. The largest absolute Gasteiger partial charge is 4.00 e. The summed E-state index contributed by atoms with van der Waals surface area (Å²) in [5, 5.41) is 3.55. The van der Waals surface area contributed by atoms with E-state index in [0.717, 1.165) is 0 Å². The van der Waals surface area contributed by atoms with Crippen LogP contribution in [0.25, 0.3) is 0 Å². The van der Waals surface area contributed by atoms with Gasteiger partial charge in [0.15, 0.2) is 0 Å². The molecule has 0 radical (unpaired) electrons. The number of unbranched alkanes of at least 4 members (excludes halogenated alkanes) is 2. The molecule has 0 saturated carbocycles. The van der Waals surface area contributed by atoms with Gasteiger partial charge >= 0.3 is 26.2 Å². The van der Waals surface area contributed by atoms with Crippen molar-refractivity contribution in [1.82, 2.24) is 0 Å². The van der Waals surface area contributed by atoms with E-state index in [0.29, 0.717) is 0 Å². The maximum atomic E-state index is 3.73. The van der Waals surface area contributed by atoms with E-state index in [4.69, 9.17) is 0 Å². The standard InChI is InChI=1S/2C14H23Si.2ClH.Zr/c2*1-3-5-9-15(10-6-11-15)14-8-7-13(4-2)12-14;;;/h2*7H,3-6,8-11H2,1-2H3;2*1H;/q2*-1;;;+4/p-2. The molecule has 2 fully saturated rings. The minimum absolute atomic E-state index is 0. The van der Waals surface area contributed by atoms with Crippen molar-refractivity contribution in [3.05, 3.63) is 45.8 Å². The summed E-state index contributed by atoms with van der Waals surface area (Å²) in [6, 6.07) is 9.38. The molecule has 184 valence electrons. The van der Waals surface area contributed by atoms with Gasteiger partial charge in [0.1, 0.15) is 0 Å². The molecule has 4 rings (SSSR count). The van der Waals surface area contributed by atoms with E-state index >= 15 is 0 Å². The van der Waals surface area contributed by atoms with Crippen molar-refractivity contribution in [3.63, 3.8) is 0 Å². The van der Waals surface area contributed by atoms with Gasteiger partial charge in [-0.25, -0.2) is 23.3 Å². The first-order valence-electron chi connectivity index (χ1n) is 13.3. The number of allylic oxidation sites excluding steroid dienone is 8. The number of halogens is 2. The van der Waals surface area contributed by atoms with Crippen LogP contribution >= 0.6 is 0 Å². The van der Waals surface area contributed by atoms with Crippen LogP contribution in [0.1, 0.15) is 91.9 Å². The average molecular weight is 601 g/mol. The third-order valence-electron chi connectivity index (χ3n) is 8.41. The van der Waals surface area contributed by atoms with Gasteiger partial charge in [-0.05, 0) is 0 Å². The first kappa shape index (κ1) is 33.9. The molecule has 0 bridgehead atoms. The summed E-state index contributed by atoms with van der Waals surface area (Å²) in [4.78, 5) is 0. The van der Waals surface area contributed by atoms with Crippen molar-refractivity contribution in [3.8, 4) is 0 Å². The molecule has 0 N–H and O–H groups in total. The Labute approximate surface area is 239 Å². The zero-order valence-electron chi connectivity index (χ0n) is 21.7. The van der Waals surface area contributed by atoms with E-state index in [1.54, 1.807) is 46.7 Å². The number of rotatable bonds is 10. The van der Waals surface area contributed by atoms with Crippen LogP contribution in [-0.2, 0) is 26.2 Å². The number of hydrogen-bond acceptors (Lipinski definition) is 0. The minimum Gasteiger partial charge on any atom is -1.00 e. The van der Waals surface area contributed by atoms with Crippen molar-refractivity contribution in [1.29, 1.82) is 0 Å². The van der Waals surface area contributed by atoms with Crippen molar-refractivity contribution in [2.75, 3.05) is 0 Å². The Hall–Kier alpha value is 0.857. The zero-order chi connectivity index (χ0) is 21.5. The van der Waals surface area contributed by atoms with Crippen LogP contribution in [0.5, 0.6) is 0 Å². The molecule has 2 heterocycles. The fourth-order valence-corrected chi connectivity index (χ4v) is 15.1. The van der Waals surface area contributed by atoms with E-state index in [2.05, 4.69) is 52.0 Å². The van der Waals surface area contributed by atoms with Gasteiger partial charge in [-0.3, -0.25) is 12.2 Å². The molecular weight excluding hydrogens is 555 g/mol. The fourth-order valence-electron chi connectivity index (χ4n) is 5.85.